The van der Waals surface area contributed by atoms with Gasteiger partial charge in [0.2, 0.25) is 0 Å². The van der Waals surface area contributed by atoms with Gasteiger partial charge in [0.25, 0.3) is 0 Å². The van der Waals surface area contributed by atoms with Crippen LogP contribution in [-0.4, -0.2) is 11.5 Å². The molecule has 0 aromatic carbocycles. The molecule has 2 nitrogen and oxygen atoms in total. The highest BCUT2D eigenvalue weighted by molar-refractivity contribution is 7.11. The number of rotatable bonds is 4. The van der Waals surface area contributed by atoms with E-state index in [1.807, 2.05) is 11.3 Å². The Kier molecular flexibility index (Phi) is 4.70. The van der Waals surface area contributed by atoms with Gasteiger partial charge in [0.1, 0.15) is 5.01 Å². The van der Waals surface area contributed by atoms with Gasteiger partial charge < -0.3 is 5.32 Å². The Balaban J connectivity index is 1.95. The lowest BCUT2D eigenvalue weighted by molar-refractivity contribution is 0.118. The summed E-state index contributed by atoms with van der Waals surface area (Å²) in [5.41, 5.74) is 1.57. The highest BCUT2D eigenvalue weighted by Crippen LogP contribution is 2.46. The van der Waals surface area contributed by atoms with Crippen LogP contribution < -0.4 is 5.32 Å². The monoisotopic (exact) mass is 306 g/mol. The predicted molar refractivity (Wildman–Crippen MR) is 90.9 cm³/mol. The van der Waals surface area contributed by atoms with Crippen LogP contribution in [0, 0.1) is 11.8 Å². The summed E-state index contributed by atoms with van der Waals surface area (Å²) in [6, 6.07) is 0. The van der Waals surface area contributed by atoms with Gasteiger partial charge in [0, 0.05) is 4.88 Å². The van der Waals surface area contributed by atoms with Crippen molar-refractivity contribution in [2.24, 2.45) is 11.8 Å². The normalized spacial score (nSPS) is 32.9. The van der Waals surface area contributed by atoms with E-state index >= 15 is 0 Å². The lowest BCUT2D eigenvalue weighted by Gasteiger charge is -2.44. The Hall–Kier alpha value is -0.410. The van der Waals surface area contributed by atoms with Gasteiger partial charge in [-0.1, -0.05) is 27.2 Å². The van der Waals surface area contributed by atoms with Gasteiger partial charge in [-0.2, -0.15) is 0 Å². The van der Waals surface area contributed by atoms with Crippen LogP contribution in [-0.2, 0) is 18.4 Å². The van der Waals surface area contributed by atoms with Crippen molar-refractivity contribution in [1.82, 2.24) is 10.3 Å². The first kappa shape index (κ1) is 15.5. The number of nitrogens with zero attached hydrogens (tertiary/aromatic N) is 1. The molecule has 1 heterocycles. The second-order valence-electron chi connectivity index (χ2n) is 7.28. The minimum absolute atomic E-state index is 0.148. The van der Waals surface area contributed by atoms with Crippen molar-refractivity contribution in [2.75, 3.05) is 6.54 Å². The minimum Gasteiger partial charge on any atom is -0.305 e. The molecule has 0 saturated heterocycles. The second-order valence-corrected chi connectivity index (χ2v) is 8.37. The van der Waals surface area contributed by atoms with Gasteiger partial charge in [-0.3, -0.25) is 0 Å². The third kappa shape index (κ3) is 2.92. The average Bonchev–Trinajstić information content (AvgIpc) is 2.92. The van der Waals surface area contributed by atoms with Crippen LogP contribution >= 0.6 is 11.3 Å². The van der Waals surface area contributed by atoms with Crippen molar-refractivity contribution in [1.29, 1.82) is 0 Å². The van der Waals surface area contributed by atoms with Crippen molar-refractivity contribution in [2.45, 2.75) is 77.7 Å². The SMILES string of the molecule is CCCNC1(c2nc3c(s2)CCCC3)CC(C)CCC1C. The number of hydrogen-bond donors (Lipinski definition) is 1. The summed E-state index contributed by atoms with van der Waals surface area (Å²) in [6.07, 6.45) is 10.3. The number of aromatic nitrogens is 1. The third-order valence-corrected chi connectivity index (χ3v) is 6.86. The van der Waals surface area contributed by atoms with Gasteiger partial charge in [-0.25, -0.2) is 4.98 Å². The van der Waals surface area contributed by atoms with E-state index < -0.39 is 0 Å². The van der Waals surface area contributed by atoms with E-state index in [0.717, 1.165) is 12.5 Å². The average molecular weight is 307 g/mol. The molecular weight excluding hydrogens is 276 g/mol. The summed E-state index contributed by atoms with van der Waals surface area (Å²) in [6.45, 7) is 8.24. The molecule has 1 N–H and O–H groups in total. The molecule has 3 heteroatoms. The zero-order chi connectivity index (χ0) is 14.9. The zero-order valence-electron chi connectivity index (χ0n) is 13.9. The van der Waals surface area contributed by atoms with Crippen LogP contribution in [0.4, 0.5) is 0 Å². The standard InChI is InChI=1S/C18H30N2S/c1-4-11-19-18(12-13(2)9-10-14(18)3)17-20-15-7-5-6-8-16(15)21-17/h13-14,19H,4-12H2,1-3H3. The van der Waals surface area contributed by atoms with E-state index in [1.165, 1.54) is 62.1 Å². The van der Waals surface area contributed by atoms with Crippen LogP contribution in [0.3, 0.4) is 0 Å². The number of hydrogen-bond acceptors (Lipinski definition) is 3. The fraction of sp³-hybridized carbons (Fsp3) is 0.833. The molecule has 21 heavy (non-hydrogen) atoms. The van der Waals surface area contributed by atoms with Crippen LogP contribution in [0.15, 0.2) is 0 Å². The topological polar surface area (TPSA) is 24.9 Å². The van der Waals surface area contributed by atoms with Crippen LogP contribution in [0.25, 0.3) is 0 Å². The predicted octanol–water partition coefficient (Wildman–Crippen LogP) is 4.67. The number of fused-ring (bicyclic) bond motifs is 1. The third-order valence-electron chi connectivity index (χ3n) is 5.52. The first-order valence-electron chi connectivity index (χ1n) is 8.89. The molecule has 1 aromatic rings. The first-order chi connectivity index (χ1) is 10.2. The lowest BCUT2D eigenvalue weighted by atomic mass is 9.70. The maximum atomic E-state index is 5.14. The number of nitrogens with one attached hydrogen (secondary N) is 1. The molecular formula is C18H30N2S. The molecule has 0 radical (unpaired) electrons. The fourth-order valence-corrected chi connectivity index (χ4v) is 5.58. The number of thiazole rings is 1. The Labute approximate surface area is 133 Å². The van der Waals surface area contributed by atoms with Gasteiger partial charge in [0.15, 0.2) is 0 Å². The van der Waals surface area contributed by atoms with E-state index in [0.29, 0.717) is 5.92 Å². The molecule has 0 spiro atoms. The molecule has 1 fully saturated rings. The molecule has 2 aliphatic rings. The first-order valence-corrected chi connectivity index (χ1v) is 9.71. The van der Waals surface area contributed by atoms with E-state index in [9.17, 15) is 0 Å². The van der Waals surface area contributed by atoms with Crippen LogP contribution in [0.5, 0.6) is 0 Å². The zero-order valence-corrected chi connectivity index (χ0v) is 14.7. The summed E-state index contributed by atoms with van der Waals surface area (Å²) in [5.74, 6) is 1.51. The molecule has 3 atom stereocenters. The summed E-state index contributed by atoms with van der Waals surface area (Å²) < 4.78 is 0. The van der Waals surface area contributed by atoms with Gasteiger partial charge >= 0.3 is 0 Å². The highest BCUT2D eigenvalue weighted by Gasteiger charge is 2.44. The Morgan fingerprint density at radius 1 is 1.24 bits per heavy atom. The maximum Gasteiger partial charge on any atom is 0.114 e. The van der Waals surface area contributed by atoms with E-state index in [4.69, 9.17) is 4.98 Å². The Morgan fingerprint density at radius 3 is 2.81 bits per heavy atom. The Morgan fingerprint density at radius 2 is 2.05 bits per heavy atom. The van der Waals surface area contributed by atoms with E-state index in [1.54, 1.807) is 4.88 Å². The molecule has 3 unspecified atom stereocenters. The molecule has 1 aromatic heterocycles. The van der Waals surface area contributed by atoms with E-state index in [-0.39, 0.29) is 5.54 Å². The molecule has 0 amide bonds. The highest BCUT2D eigenvalue weighted by atomic mass is 32.1. The quantitative estimate of drug-likeness (QED) is 0.874. The van der Waals surface area contributed by atoms with Crippen LogP contribution in [0.2, 0.25) is 0 Å². The van der Waals surface area contributed by atoms with Crippen molar-refractivity contribution >= 4 is 11.3 Å². The fourth-order valence-electron chi connectivity index (χ4n) is 4.14. The lowest BCUT2D eigenvalue weighted by Crippen LogP contribution is -2.51. The summed E-state index contributed by atoms with van der Waals surface area (Å²) in [7, 11) is 0. The molecule has 118 valence electrons. The smallest absolute Gasteiger partial charge is 0.114 e. The van der Waals surface area contributed by atoms with Crippen LogP contribution in [0.1, 0.15) is 74.9 Å². The van der Waals surface area contributed by atoms with Gasteiger partial charge in [-0.15, -0.1) is 11.3 Å². The molecule has 0 bridgehead atoms. The van der Waals surface area contributed by atoms with Crippen molar-refractivity contribution in [3.8, 4) is 0 Å². The molecule has 3 rings (SSSR count). The molecule has 1 saturated carbocycles. The second kappa shape index (κ2) is 6.37. The summed E-state index contributed by atoms with van der Waals surface area (Å²) in [4.78, 5) is 6.72. The Bertz CT molecular complexity index is 458. The molecule has 0 aliphatic heterocycles. The maximum absolute atomic E-state index is 5.14. The van der Waals surface area contributed by atoms with Crippen molar-refractivity contribution < 1.29 is 0 Å². The van der Waals surface area contributed by atoms with E-state index in [2.05, 4.69) is 26.1 Å². The van der Waals surface area contributed by atoms with Crippen molar-refractivity contribution in [3.05, 3.63) is 15.6 Å². The largest absolute Gasteiger partial charge is 0.305 e. The summed E-state index contributed by atoms with van der Waals surface area (Å²) in [5, 5.41) is 5.34. The van der Waals surface area contributed by atoms with Gasteiger partial charge in [0.05, 0.1) is 11.2 Å². The number of aryl methyl sites for hydroxylation is 2. The van der Waals surface area contributed by atoms with Crippen molar-refractivity contribution in [3.63, 3.8) is 0 Å². The molecule has 2 aliphatic carbocycles. The summed E-state index contributed by atoms with van der Waals surface area (Å²) >= 11 is 2.02. The minimum atomic E-state index is 0.148. The van der Waals surface area contributed by atoms with Gasteiger partial charge in [-0.05, 0) is 63.3 Å².